The Morgan fingerprint density at radius 2 is 0.818 bits per heavy atom. The van der Waals surface area contributed by atoms with Gasteiger partial charge in [-0.2, -0.15) is 0 Å². The molecule has 0 saturated carbocycles. The van der Waals surface area contributed by atoms with E-state index in [2.05, 4.69) is 224 Å². The average Bonchev–Trinajstić information content (AvgIpc) is 4.02. The van der Waals surface area contributed by atoms with Gasteiger partial charge in [-0.3, -0.25) is 0 Å². The van der Waals surface area contributed by atoms with Gasteiger partial charge in [0.1, 0.15) is 0 Å². The molecule has 2 aliphatic carbocycles. The topological polar surface area (TPSA) is 25.8 Å². The second-order valence-electron chi connectivity index (χ2n) is 17.6. The summed E-state index contributed by atoms with van der Waals surface area (Å²) in [4.78, 5) is 10.8. The van der Waals surface area contributed by atoms with E-state index in [1.54, 1.807) is 0 Å². The average molecular weight is 855 g/mol. The predicted octanol–water partition coefficient (Wildman–Crippen LogP) is 16.7. The van der Waals surface area contributed by atoms with E-state index in [0.29, 0.717) is 5.82 Å². The fourth-order valence-corrected chi connectivity index (χ4v) is 12.2. The van der Waals surface area contributed by atoms with Crippen molar-refractivity contribution in [1.82, 2.24) is 9.97 Å². The standard InChI is InChI=1S/C63H38N2S/c1-2-15-40(16-3-1)62-64-58(44-28-30-57-52(37-44)50-20-8-12-24-56(50)63(57)54-22-10-6-18-48(54)49-19-7-11-23-55(49)63)38-59(65-62)47-34-45(42-27-26-39-14-4-5-17-41(39)32-42)33-46(35-47)43-29-31-61-53(36-43)51-21-9-13-25-60(51)66-61/h1-38H. The highest BCUT2D eigenvalue weighted by Gasteiger charge is 2.51. The molecule has 66 heavy (non-hydrogen) atoms. The summed E-state index contributed by atoms with van der Waals surface area (Å²) >= 11 is 1.85. The number of thiophene rings is 1. The maximum atomic E-state index is 5.41. The van der Waals surface area contributed by atoms with E-state index >= 15 is 0 Å². The summed E-state index contributed by atoms with van der Waals surface area (Å²) in [5.74, 6) is 0.697. The van der Waals surface area contributed by atoms with E-state index in [0.717, 1.165) is 44.8 Å². The van der Waals surface area contributed by atoms with Crippen LogP contribution < -0.4 is 0 Å². The molecule has 0 radical (unpaired) electrons. The normalized spacial score (nSPS) is 13.0. The van der Waals surface area contributed by atoms with Crippen LogP contribution in [0.1, 0.15) is 22.3 Å². The van der Waals surface area contributed by atoms with Crippen molar-refractivity contribution in [1.29, 1.82) is 0 Å². The minimum Gasteiger partial charge on any atom is -0.228 e. The Morgan fingerprint density at radius 3 is 1.56 bits per heavy atom. The van der Waals surface area contributed by atoms with Gasteiger partial charge in [0, 0.05) is 36.9 Å². The lowest BCUT2D eigenvalue weighted by Crippen LogP contribution is -2.25. The first-order valence-corrected chi connectivity index (χ1v) is 23.4. The van der Waals surface area contributed by atoms with Crippen LogP contribution in [0, 0.1) is 0 Å². The number of hydrogen-bond acceptors (Lipinski definition) is 3. The molecule has 0 fully saturated rings. The van der Waals surface area contributed by atoms with Crippen molar-refractivity contribution in [2.75, 3.05) is 0 Å². The summed E-state index contributed by atoms with van der Waals surface area (Å²) in [7, 11) is 0. The van der Waals surface area contributed by atoms with E-state index in [1.165, 1.54) is 81.0 Å². The van der Waals surface area contributed by atoms with Crippen LogP contribution in [0.3, 0.4) is 0 Å². The first kappa shape index (κ1) is 37.2. The Labute approximate surface area is 386 Å². The Hall–Kier alpha value is -8.24. The molecule has 2 nitrogen and oxygen atoms in total. The lowest BCUT2D eigenvalue weighted by Gasteiger charge is -2.30. The van der Waals surface area contributed by atoms with Crippen molar-refractivity contribution in [3.8, 4) is 78.4 Å². The van der Waals surface area contributed by atoms with Crippen molar-refractivity contribution in [3.05, 3.63) is 253 Å². The molecule has 10 aromatic carbocycles. The van der Waals surface area contributed by atoms with E-state index in [4.69, 9.17) is 9.97 Å². The van der Waals surface area contributed by atoms with Crippen LogP contribution >= 0.6 is 11.3 Å². The zero-order valence-electron chi connectivity index (χ0n) is 35.7. The van der Waals surface area contributed by atoms with Crippen LogP contribution in [-0.4, -0.2) is 9.97 Å². The molecule has 0 unspecified atom stereocenters. The van der Waals surface area contributed by atoms with Crippen LogP contribution in [-0.2, 0) is 5.41 Å². The molecule has 1 spiro atoms. The molecular weight excluding hydrogens is 817 g/mol. The van der Waals surface area contributed by atoms with Gasteiger partial charge in [-0.15, -0.1) is 11.3 Å². The highest BCUT2D eigenvalue weighted by atomic mass is 32.1. The minimum absolute atomic E-state index is 0.401. The summed E-state index contributed by atoms with van der Waals surface area (Å²) in [6.45, 7) is 0. The second-order valence-corrected chi connectivity index (χ2v) is 18.7. The van der Waals surface area contributed by atoms with Gasteiger partial charge in [0.25, 0.3) is 0 Å². The lowest BCUT2D eigenvalue weighted by atomic mass is 9.70. The van der Waals surface area contributed by atoms with Gasteiger partial charge >= 0.3 is 0 Å². The Bertz CT molecular complexity index is 3910. The van der Waals surface area contributed by atoms with E-state index in [9.17, 15) is 0 Å². The van der Waals surface area contributed by atoms with E-state index < -0.39 is 5.41 Å². The predicted molar refractivity (Wildman–Crippen MR) is 276 cm³/mol. The van der Waals surface area contributed by atoms with Crippen LogP contribution in [0.2, 0.25) is 0 Å². The monoisotopic (exact) mass is 854 g/mol. The Balaban J connectivity index is 0.981. The first-order valence-electron chi connectivity index (χ1n) is 22.6. The number of rotatable bonds is 5. The number of aromatic nitrogens is 2. The van der Waals surface area contributed by atoms with Crippen molar-refractivity contribution in [3.63, 3.8) is 0 Å². The number of benzene rings is 10. The van der Waals surface area contributed by atoms with Crippen molar-refractivity contribution in [2.45, 2.75) is 5.41 Å². The molecule has 0 amide bonds. The van der Waals surface area contributed by atoms with Crippen LogP contribution in [0.4, 0.5) is 0 Å². The number of hydrogen-bond donors (Lipinski definition) is 0. The van der Waals surface area contributed by atoms with E-state index in [1.807, 2.05) is 17.4 Å². The number of nitrogens with zero attached hydrogens (tertiary/aromatic N) is 2. The highest BCUT2D eigenvalue weighted by Crippen LogP contribution is 2.63. The highest BCUT2D eigenvalue weighted by molar-refractivity contribution is 7.25. The molecule has 12 aromatic rings. The quantitative estimate of drug-likeness (QED) is 0.172. The van der Waals surface area contributed by atoms with Crippen molar-refractivity contribution < 1.29 is 0 Å². The van der Waals surface area contributed by atoms with Gasteiger partial charge in [-0.1, -0.05) is 176 Å². The molecular formula is C63H38N2S. The first-order chi connectivity index (χ1) is 32.7. The molecule has 0 N–H and O–H groups in total. The third kappa shape index (κ3) is 5.54. The fraction of sp³-hybridized carbons (Fsp3) is 0.0159. The van der Waals surface area contributed by atoms with Gasteiger partial charge in [-0.25, -0.2) is 9.97 Å². The molecule has 0 bridgehead atoms. The zero-order valence-corrected chi connectivity index (χ0v) is 36.6. The summed E-state index contributed by atoms with van der Waals surface area (Å²) in [5, 5.41) is 5.02. The molecule has 2 heterocycles. The Morgan fingerprint density at radius 1 is 0.288 bits per heavy atom. The molecule has 2 aliphatic rings. The third-order valence-corrected chi connectivity index (χ3v) is 15.2. The van der Waals surface area contributed by atoms with Crippen molar-refractivity contribution in [2.24, 2.45) is 0 Å². The van der Waals surface area contributed by atoms with Crippen molar-refractivity contribution >= 4 is 42.3 Å². The molecule has 0 saturated heterocycles. The molecule has 2 aromatic heterocycles. The van der Waals surface area contributed by atoms with Crippen LogP contribution in [0.25, 0.3) is 109 Å². The molecule has 0 atom stereocenters. The lowest BCUT2D eigenvalue weighted by molar-refractivity contribution is 0.794. The summed E-state index contributed by atoms with van der Waals surface area (Å²) in [6.07, 6.45) is 0. The maximum Gasteiger partial charge on any atom is 0.160 e. The molecule has 3 heteroatoms. The molecule has 14 rings (SSSR count). The molecule has 306 valence electrons. The summed E-state index contributed by atoms with van der Waals surface area (Å²) < 4.78 is 2.60. The second kappa shape index (κ2) is 14.4. The Kier molecular flexibility index (Phi) is 8.10. The third-order valence-electron chi connectivity index (χ3n) is 14.1. The SMILES string of the molecule is c1ccc(-c2nc(-c3cc(-c4ccc5ccccc5c4)cc(-c4ccc5sc6ccccc6c5c4)c3)cc(-c3ccc4c(c3)-c3ccccc3C43c4ccccc4-c4ccccc43)n2)cc1. The smallest absolute Gasteiger partial charge is 0.160 e. The minimum atomic E-state index is -0.401. The van der Waals surface area contributed by atoms with Crippen LogP contribution in [0.5, 0.6) is 0 Å². The van der Waals surface area contributed by atoms with Gasteiger partial charge in [0.15, 0.2) is 5.82 Å². The fourth-order valence-electron chi connectivity index (χ4n) is 11.1. The van der Waals surface area contributed by atoms with Gasteiger partial charge in [0.2, 0.25) is 0 Å². The van der Waals surface area contributed by atoms with Gasteiger partial charge in [0.05, 0.1) is 16.8 Å². The molecule has 0 aliphatic heterocycles. The van der Waals surface area contributed by atoms with E-state index in [-0.39, 0.29) is 0 Å². The number of fused-ring (bicyclic) bond motifs is 14. The summed E-state index contributed by atoms with van der Waals surface area (Å²) in [5.41, 5.74) is 19.5. The maximum absolute atomic E-state index is 5.41. The van der Waals surface area contributed by atoms with Crippen LogP contribution in [0.15, 0.2) is 231 Å². The van der Waals surface area contributed by atoms with Gasteiger partial charge < -0.3 is 0 Å². The largest absolute Gasteiger partial charge is 0.228 e. The zero-order chi connectivity index (χ0) is 43.3. The summed E-state index contributed by atoms with van der Waals surface area (Å²) in [6, 6.07) is 84.6. The van der Waals surface area contributed by atoms with Gasteiger partial charge in [-0.05, 0) is 132 Å².